The van der Waals surface area contributed by atoms with Gasteiger partial charge in [-0.05, 0) is 66.4 Å². The van der Waals surface area contributed by atoms with Crippen LogP contribution in [0.5, 0.6) is 0 Å². The van der Waals surface area contributed by atoms with E-state index in [1.165, 1.54) is 0 Å². The Morgan fingerprint density at radius 2 is 1.71 bits per heavy atom. The minimum atomic E-state index is -3.71. The SMILES string of the molecule is Cc1ccc(S(=O)(=O)N2CC[C@@H]3[C@@H](CO)N(C)c4ccc(-c5ccc(C#N)cc5)cc4[C@@H]32)cc1. The molecule has 0 spiro atoms. The predicted molar refractivity (Wildman–Crippen MR) is 132 cm³/mol. The summed E-state index contributed by atoms with van der Waals surface area (Å²) < 4.78 is 29.1. The zero-order chi connectivity index (χ0) is 24.0. The second-order valence-electron chi connectivity index (χ2n) is 9.15. The van der Waals surface area contributed by atoms with E-state index in [4.69, 9.17) is 5.26 Å². The van der Waals surface area contributed by atoms with Crippen LogP contribution >= 0.6 is 0 Å². The van der Waals surface area contributed by atoms with Crippen LogP contribution in [0.25, 0.3) is 11.1 Å². The molecule has 2 aliphatic rings. The van der Waals surface area contributed by atoms with Crippen LogP contribution in [0.2, 0.25) is 0 Å². The summed E-state index contributed by atoms with van der Waals surface area (Å²) in [7, 11) is -1.74. The van der Waals surface area contributed by atoms with Crippen molar-refractivity contribution in [3.8, 4) is 17.2 Å². The second kappa shape index (κ2) is 8.55. The molecular formula is C27H27N3O3S. The van der Waals surface area contributed by atoms with Crippen molar-refractivity contribution in [2.75, 3.05) is 25.1 Å². The molecule has 3 aromatic carbocycles. The Labute approximate surface area is 200 Å². The molecule has 0 amide bonds. The Morgan fingerprint density at radius 3 is 2.35 bits per heavy atom. The average molecular weight is 474 g/mol. The Kier molecular flexibility index (Phi) is 5.68. The highest BCUT2D eigenvalue weighted by Gasteiger charge is 2.50. The van der Waals surface area contributed by atoms with Gasteiger partial charge >= 0.3 is 0 Å². The van der Waals surface area contributed by atoms with Gasteiger partial charge in [0.2, 0.25) is 10.0 Å². The number of benzene rings is 3. The number of fused-ring (bicyclic) bond motifs is 3. The van der Waals surface area contributed by atoms with E-state index in [2.05, 4.69) is 17.0 Å². The minimum absolute atomic E-state index is 0.0149. The van der Waals surface area contributed by atoms with Crippen molar-refractivity contribution in [2.45, 2.75) is 30.3 Å². The van der Waals surface area contributed by atoms with Crippen molar-refractivity contribution in [3.05, 3.63) is 83.4 Å². The van der Waals surface area contributed by atoms with Crippen LogP contribution in [-0.4, -0.2) is 44.1 Å². The van der Waals surface area contributed by atoms with E-state index in [1.54, 1.807) is 28.6 Å². The van der Waals surface area contributed by atoms with Gasteiger partial charge in [0.15, 0.2) is 0 Å². The molecule has 7 heteroatoms. The highest BCUT2D eigenvalue weighted by atomic mass is 32.2. The Hall–Kier alpha value is -3.18. The average Bonchev–Trinajstić information content (AvgIpc) is 3.30. The van der Waals surface area contributed by atoms with Gasteiger partial charge in [-0.2, -0.15) is 9.57 Å². The van der Waals surface area contributed by atoms with Crippen molar-refractivity contribution in [1.82, 2.24) is 4.31 Å². The predicted octanol–water partition coefficient (Wildman–Crippen LogP) is 4.10. The maximum absolute atomic E-state index is 13.7. The van der Waals surface area contributed by atoms with Crippen LogP contribution in [0.4, 0.5) is 5.69 Å². The van der Waals surface area contributed by atoms with Gasteiger partial charge in [0, 0.05) is 25.2 Å². The van der Waals surface area contributed by atoms with Crippen molar-refractivity contribution in [1.29, 1.82) is 5.26 Å². The Balaban J connectivity index is 1.63. The Morgan fingerprint density at radius 1 is 1.03 bits per heavy atom. The van der Waals surface area contributed by atoms with Gasteiger partial charge in [-0.15, -0.1) is 0 Å². The molecule has 5 rings (SSSR count). The monoisotopic (exact) mass is 473 g/mol. The van der Waals surface area contributed by atoms with Gasteiger partial charge in [0.05, 0.1) is 35.2 Å². The van der Waals surface area contributed by atoms with Gasteiger partial charge in [-0.1, -0.05) is 35.9 Å². The molecule has 1 N–H and O–H groups in total. The molecule has 34 heavy (non-hydrogen) atoms. The minimum Gasteiger partial charge on any atom is -0.394 e. The van der Waals surface area contributed by atoms with Gasteiger partial charge in [0.25, 0.3) is 0 Å². The molecule has 1 saturated heterocycles. The maximum Gasteiger partial charge on any atom is 0.243 e. The van der Waals surface area contributed by atoms with Crippen LogP contribution in [0.1, 0.15) is 29.2 Å². The highest BCUT2D eigenvalue weighted by Crippen LogP contribution is 2.51. The quantitative estimate of drug-likeness (QED) is 0.617. The first kappa shape index (κ1) is 22.6. The lowest BCUT2D eigenvalue weighted by atomic mass is 9.81. The van der Waals surface area contributed by atoms with Crippen LogP contribution in [0.15, 0.2) is 71.6 Å². The lowest BCUT2D eigenvalue weighted by Crippen LogP contribution is -2.48. The molecule has 2 heterocycles. The second-order valence-corrected chi connectivity index (χ2v) is 11.0. The van der Waals surface area contributed by atoms with Crippen molar-refractivity contribution >= 4 is 15.7 Å². The molecule has 0 aliphatic carbocycles. The number of hydrogen-bond donors (Lipinski definition) is 1. The summed E-state index contributed by atoms with van der Waals surface area (Å²) in [5, 5.41) is 19.3. The van der Waals surface area contributed by atoms with Crippen molar-refractivity contribution < 1.29 is 13.5 Å². The normalized spacial score (nSPS) is 22.2. The van der Waals surface area contributed by atoms with Crippen LogP contribution in [0.3, 0.4) is 0 Å². The third kappa shape index (κ3) is 3.59. The number of rotatable bonds is 4. The first-order valence-corrected chi connectivity index (χ1v) is 12.9. The summed E-state index contributed by atoms with van der Waals surface area (Å²) in [6.07, 6.45) is 0.686. The number of nitrogens with zero attached hydrogens (tertiary/aromatic N) is 3. The number of hydrogen-bond acceptors (Lipinski definition) is 5. The van der Waals surface area contributed by atoms with Crippen molar-refractivity contribution in [2.24, 2.45) is 5.92 Å². The Bertz CT molecular complexity index is 1360. The molecule has 2 aliphatic heterocycles. The van der Waals surface area contributed by atoms with E-state index in [-0.39, 0.29) is 24.6 Å². The molecule has 3 aromatic rings. The van der Waals surface area contributed by atoms with E-state index < -0.39 is 10.0 Å². The van der Waals surface area contributed by atoms with Crippen molar-refractivity contribution in [3.63, 3.8) is 0 Å². The van der Waals surface area contributed by atoms with E-state index >= 15 is 0 Å². The van der Waals surface area contributed by atoms with Crippen LogP contribution in [-0.2, 0) is 10.0 Å². The van der Waals surface area contributed by atoms with E-state index in [1.807, 2.05) is 50.4 Å². The summed E-state index contributed by atoms with van der Waals surface area (Å²) >= 11 is 0. The lowest BCUT2D eigenvalue weighted by Gasteiger charge is -2.44. The summed E-state index contributed by atoms with van der Waals surface area (Å²) in [5.41, 5.74) is 5.43. The molecule has 0 aromatic heterocycles. The largest absolute Gasteiger partial charge is 0.394 e. The standard InChI is InChI=1S/C27H27N3O3S/c1-18-3-10-22(11-4-18)34(32,33)30-14-13-23-26(17-31)29(2)25-12-9-21(15-24(25)27(23)30)20-7-5-19(16-28)6-8-20/h3-12,15,23,26-27,31H,13-14,17H2,1-2H3/t23-,26-,27-/m1/s1. The number of aryl methyl sites for hydroxylation is 1. The zero-order valence-electron chi connectivity index (χ0n) is 19.2. The maximum atomic E-state index is 13.7. The number of likely N-dealkylation sites (N-methyl/N-ethyl adjacent to an activating group) is 1. The van der Waals surface area contributed by atoms with Gasteiger partial charge in [-0.25, -0.2) is 8.42 Å². The molecule has 6 nitrogen and oxygen atoms in total. The smallest absolute Gasteiger partial charge is 0.243 e. The fourth-order valence-electron chi connectivity index (χ4n) is 5.44. The summed E-state index contributed by atoms with van der Waals surface area (Å²) in [6, 6.07) is 22.1. The third-order valence-electron chi connectivity index (χ3n) is 7.28. The summed E-state index contributed by atoms with van der Waals surface area (Å²) in [6.45, 7) is 2.31. The van der Waals surface area contributed by atoms with Crippen LogP contribution in [0, 0.1) is 24.2 Å². The molecular weight excluding hydrogens is 446 g/mol. The van der Waals surface area contributed by atoms with E-state index in [0.29, 0.717) is 23.4 Å². The molecule has 1 fully saturated rings. The number of aliphatic hydroxyl groups is 1. The first-order valence-electron chi connectivity index (χ1n) is 11.4. The molecule has 3 atom stereocenters. The summed E-state index contributed by atoms with van der Waals surface area (Å²) in [4.78, 5) is 2.38. The fourth-order valence-corrected chi connectivity index (χ4v) is 7.11. The lowest BCUT2D eigenvalue weighted by molar-refractivity contribution is 0.193. The third-order valence-corrected chi connectivity index (χ3v) is 9.17. The van der Waals surface area contributed by atoms with E-state index in [0.717, 1.165) is 27.9 Å². The molecule has 0 saturated carbocycles. The topological polar surface area (TPSA) is 84.6 Å². The summed E-state index contributed by atoms with van der Waals surface area (Å²) in [5.74, 6) is -0.0149. The molecule has 0 radical (unpaired) electrons. The first-order chi connectivity index (χ1) is 16.3. The highest BCUT2D eigenvalue weighted by molar-refractivity contribution is 7.89. The number of aliphatic hydroxyl groups excluding tert-OH is 1. The number of anilines is 1. The number of sulfonamides is 1. The zero-order valence-corrected chi connectivity index (χ0v) is 20.0. The van der Waals surface area contributed by atoms with Crippen LogP contribution < -0.4 is 4.90 Å². The molecule has 0 bridgehead atoms. The molecule has 174 valence electrons. The van der Waals surface area contributed by atoms with Gasteiger partial charge < -0.3 is 10.0 Å². The number of nitriles is 1. The van der Waals surface area contributed by atoms with Gasteiger partial charge in [-0.3, -0.25) is 0 Å². The molecule has 0 unspecified atom stereocenters. The fraction of sp³-hybridized carbons (Fsp3) is 0.296. The van der Waals surface area contributed by atoms with Gasteiger partial charge in [0.1, 0.15) is 0 Å². The van der Waals surface area contributed by atoms with E-state index in [9.17, 15) is 13.5 Å².